The molecule has 1 saturated heterocycles. The topological polar surface area (TPSA) is 48.3 Å². The number of nitrogens with one attached hydrogen (secondary N) is 1. The summed E-state index contributed by atoms with van der Waals surface area (Å²) in [7, 11) is 0. The van der Waals surface area contributed by atoms with E-state index in [2.05, 4.69) is 21.8 Å². The minimum atomic E-state index is 0.139. The number of nitrogens with zero attached hydrogens (tertiary/aromatic N) is 2. The SMILES string of the molecule is CCNc1nc(C)cn1CC1COCCO1. The highest BCUT2D eigenvalue weighted by atomic mass is 16.6. The largest absolute Gasteiger partial charge is 0.376 e. The zero-order valence-corrected chi connectivity index (χ0v) is 9.90. The molecule has 1 aliphatic heterocycles. The third-order valence-electron chi connectivity index (χ3n) is 2.52. The fraction of sp³-hybridized carbons (Fsp3) is 0.727. The molecular weight excluding hydrogens is 206 g/mol. The number of hydrogen-bond donors (Lipinski definition) is 1. The van der Waals surface area contributed by atoms with Crippen LogP contribution in [0.5, 0.6) is 0 Å². The van der Waals surface area contributed by atoms with E-state index in [1.54, 1.807) is 0 Å². The molecule has 0 aromatic carbocycles. The average Bonchev–Trinajstić information content (AvgIpc) is 2.61. The highest BCUT2D eigenvalue weighted by Crippen LogP contribution is 2.12. The normalized spacial score (nSPS) is 21.0. The second-order valence-corrected chi connectivity index (χ2v) is 3.96. The molecule has 0 spiro atoms. The van der Waals surface area contributed by atoms with Gasteiger partial charge in [-0.15, -0.1) is 0 Å². The van der Waals surface area contributed by atoms with Gasteiger partial charge >= 0.3 is 0 Å². The molecule has 0 amide bonds. The smallest absolute Gasteiger partial charge is 0.203 e. The summed E-state index contributed by atoms with van der Waals surface area (Å²) < 4.78 is 13.1. The number of ether oxygens (including phenoxy) is 2. The first kappa shape index (κ1) is 11.4. The van der Waals surface area contributed by atoms with Gasteiger partial charge in [-0.25, -0.2) is 4.98 Å². The second-order valence-electron chi connectivity index (χ2n) is 3.96. The molecule has 1 atom stereocenters. The number of hydrogen-bond acceptors (Lipinski definition) is 4. The molecule has 5 heteroatoms. The van der Waals surface area contributed by atoms with E-state index in [-0.39, 0.29) is 6.10 Å². The van der Waals surface area contributed by atoms with E-state index in [1.165, 1.54) is 0 Å². The second kappa shape index (κ2) is 5.32. The van der Waals surface area contributed by atoms with Crippen molar-refractivity contribution in [3.05, 3.63) is 11.9 Å². The Kier molecular flexibility index (Phi) is 3.79. The van der Waals surface area contributed by atoms with Gasteiger partial charge < -0.3 is 19.4 Å². The standard InChI is InChI=1S/C11H19N3O2/c1-3-12-11-13-9(2)6-14(11)7-10-8-15-4-5-16-10/h6,10H,3-5,7-8H2,1-2H3,(H,12,13). The minimum absolute atomic E-state index is 0.139. The molecule has 0 radical (unpaired) electrons. The molecular formula is C11H19N3O2. The monoisotopic (exact) mass is 225 g/mol. The van der Waals surface area contributed by atoms with Gasteiger partial charge in [-0.3, -0.25) is 0 Å². The Balaban J connectivity index is 2.01. The van der Waals surface area contributed by atoms with E-state index in [0.717, 1.165) is 24.7 Å². The molecule has 90 valence electrons. The van der Waals surface area contributed by atoms with Gasteiger partial charge in [0.1, 0.15) is 0 Å². The Morgan fingerprint density at radius 3 is 3.12 bits per heavy atom. The number of anilines is 1. The Morgan fingerprint density at radius 1 is 1.56 bits per heavy atom. The van der Waals surface area contributed by atoms with E-state index in [1.807, 2.05) is 13.1 Å². The Bertz CT molecular complexity index is 332. The van der Waals surface area contributed by atoms with E-state index in [0.29, 0.717) is 19.8 Å². The molecule has 16 heavy (non-hydrogen) atoms. The molecule has 0 saturated carbocycles. The number of imidazole rings is 1. The molecule has 1 N–H and O–H groups in total. The van der Waals surface area contributed by atoms with Crippen LogP contribution in [0.4, 0.5) is 5.95 Å². The van der Waals surface area contributed by atoms with Gasteiger partial charge in [-0.1, -0.05) is 0 Å². The third kappa shape index (κ3) is 2.74. The zero-order chi connectivity index (χ0) is 11.4. The van der Waals surface area contributed by atoms with Crippen LogP contribution in [0.3, 0.4) is 0 Å². The highest BCUT2D eigenvalue weighted by Gasteiger charge is 2.16. The van der Waals surface area contributed by atoms with Crippen LogP contribution in [0.1, 0.15) is 12.6 Å². The average molecular weight is 225 g/mol. The molecule has 5 nitrogen and oxygen atoms in total. The summed E-state index contributed by atoms with van der Waals surface area (Å²) in [5.74, 6) is 0.911. The van der Waals surface area contributed by atoms with Crippen molar-refractivity contribution in [2.45, 2.75) is 26.5 Å². The van der Waals surface area contributed by atoms with Crippen molar-refractivity contribution >= 4 is 5.95 Å². The van der Waals surface area contributed by atoms with Crippen LogP contribution in [0.2, 0.25) is 0 Å². The third-order valence-corrected chi connectivity index (χ3v) is 2.52. The van der Waals surface area contributed by atoms with Crippen molar-refractivity contribution in [2.75, 3.05) is 31.7 Å². The van der Waals surface area contributed by atoms with Gasteiger partial charge in [0, 0.05) is 12.7 Å². The van der Waals surface area contributed by atoms with Crippen molar-refractivity contribution in [2.24, 2.45) is 0 Å². The van der Waals surface area contributed by atoms with E-state index in [9.17, 15) is 0 Å². The molecule has 1 fully saturated rings. The Labute approximate surface area is 95.8 Å². The van der Waals surface area contributed by atoms with E-state index in [4.69, 9.17) is 9.47 Å². The maximum absolute atomic E-state index is 5.62. The van der Waals surface area contributed by atoms with Crippen LogP contribution in [-0.4, -0.2) is 42.0 Å². The van der Waals surface area contributed by atoms with Gasteiger partial charge in [-0.2, -0.15) is 0 Å². The van der Waals surface area contributed by atoms with Crippen molar-refractivity contribution in [1.82, 2.24) is 9.55 Å². The quantitative estimate of drug-likeness (QED) is 0.831. The van der Waals surface area contributed by atoms with Crippen LogP contribution < -0.4 is 5.32 Å². The van der Waals surface area contributed by atoms with Gasteiger partial charge in [0.25, 0.3) is 0 Å². The summed E-state index contributed by atoms with van der Waals surface area (Å²) in [5, 5.41) is 3.24. The molecule has 0 aliphatic carbocycles. The van der Waals surface area contributed by atoms with Gasteiger partial charge in [-0.05, 0) is 13.8 Å². The molecule has 2 heterocycles. The Morgan fingerprint density at radius 2 is 2.44 bits per heavy atom. The van der Waals surface area contributed by atoms with Gasteiger partial charge in [0.2, 0.25) is 5.95 Å². The van der Waals surface area contributed by atoms with Crippen LogP contribution in [0.15, 0.2) is 6.20 Å². The Hall–Kier alpha value is -1.07. The fourth-order valence-corrected chi connectivity index (χ4v) is 1.85. The zero-order valence-electron chi connectivity index (χ0n) is 9.90. The summed E-state index contributed by atoms with van der Waals surface area (Å²) in [5.41, 5.74) is 1.02. The highest BCUT2D eigenvalue weighted by molar-refractivity contribution is 5.28. The van der Waals surface area contributed by atoms with Crippen molar-refractivity contribution in [3.8, 4) is 0 Å². The number of aromatic nitrogens is 2. The summed E-state index contributed by atoms with van der Waals surface area (Å²) in [6.45, 7) is 7.79. The first-order valence-corrected chi connectivity index (χ1v) is 5.76. The lowest BCUT2D eigenvalue weighted by molar-refractivity contribution is -0.0934. The minimum Gasteiger partial charge on any atom is -0.376 e. The molecule has 1 aliphatic rings. The first-order chi connectivity index (χ1) is 7.79. The number of aryl methyl sites for hydroxylation is 1. The van der Waals surface area contributed by atoms with Crippen LogP contribution in [-0.2, 0) is 16.0 Å². The van der Waals surface area contributed by atoms with Gasteiger partial charge in [0.05, 0.1) is 38.2 Å². The lowest BCUT2D eigenvalue weighted by Crippen LogP contribution is -2.32. The number of rotatable bonds is 4. The van der Waals surface area contributed by atoms with Crippen LogP contribution in [0, 0.1) is 6.92 Å². The molecule has 1 aromatic heterocycles. The molecule has 2 rings (SSSR count). The molecule has 1 unspecified atom stereocenters. The van der Waals surface area contributed by atoms with Crippen molar-refractivity contribution in [1.29, 1.82) is 0 Å². The maximum Gasteiger partial charge on any atom is 0.203 e. The van der Waals surface area contributed by atoms with Crippen LogP contribution in [0.25, 0.3) is 0 Å². The van der Waals surface area contributed by atoms with Crippen LogP contribution >= 0.6 is 0 Å². The van der Waals surface area contributed by atoms with Crippen molar-refractivity contribution in [3.63, 3.8) is 0 Å². The lowest BCUT2D eigenvalue weighted by Gasteiger charge is -2.23. The maximum atomic E-state index is 5.62. The van der Waals surface area contributed by atoms with E-state index < -0.39 is 0 Å². The van der Waals surface area contributed by atoms with Gasteiger partial charge in [0.15, 0.2) is 0 Å². The van der Waals surface area contributed by atoms with Crippen molar-refractivity contribution < 1.29 is 9.47 Å². The lowest BCUT2D eigenvalue weighted by atomic mass is 10.3. The molecule has 0 bridgehead atoms. The summed E-state index contributed by atoms with van der Waals surface area (Å²) in [6.07, 6.45) is 2.18. The van der Waals surface area contributed by atoms with E-state index >= 15 is 0 Å². The summed E-state index contributed by atoms with van der Waals surface area (Å²) >= 11 is 0. The molecule has 1 aromatic rings. The predicted molar refractivity (Wildman–Crippen MR) is 61.7 cm³/mol. The first-order valence-electron chi connectivity index (χ1n) is 5.76. The summed E-state index contributed by atoms with van der Waals surface area (Å²) in [6, 6.07) is 0. The summed E-state index contributed by atoms with van der Waals surface area (Å²) in [4.78, 5) is 4.42. The predicted octanol–water partition coefficient (Wildman–Crippen LogP) is 1.04. The fourth-order valence-electron chi connectivity index (χ4n) is 1.85.